The molecule has 4 aromatic rings. The van der Waals surface area contributed by atoms with E-state index >= 15 is 0 Å². The number of amides is 2. The maximum absolute atomic E-state index is 13.4. The predicted molar refractivity (Wildman–Crippen MR) is 136 cm³/mol. The van der Waals surface area contributed by atoms with Crippen LogP contribution in [-0.2, 0) is 17.8 Å². The molecule has 0 atom stereocenters. The minimum Gasteiger partial charge on any atom is -0.497 e. The fraction of sp³-hybridized carbons (Fsp3) is 0.179. The summed E-state index contributed by atoms with van der Waals surface area (Å²) in [5.41, 5.74) is 5.65. The van der Waals surface area contributed by atoms with E-state index in [1.165, 1.54) is 0 Å². The minimum absolute atomic E-state index is 0.0236. The van der Waals surface area contributed by atoms with Gasteiger partial charge in [-0.2, -0.15) is 5.10 Å². The topological polar surface area (TPSA) is 76.5 Å². The van der Waals surface area contributed by atoms with Gasteiger partial charge < -0.3 is 15.0 Å². The van der Waals surface area contributed by atoms with Gasteiger partial charge in [0.1, 0.15) is 11.4 Å². The van der Waals surface area contributed by atoms with Gasteiger partial charge in [0.2, 0.25) is 5.91 Å². The Labute approximate surface area is 204 Å². The van der Waals surface area contributed by atoms with Crippen molar-refractivity contribution in [2.75, 3.05) is 23.9 Å². The first kappa shape index (κ1) is 22.4. The van der Waals surface area contributed by atoms with Crippen LogP contribution in [0, 0.1) is 0 Å². The fourth-order valence-electron chi connectivity index (χ4n) is 4.41. The SMILES string of the molecule is COc1ccc(-c2nn(Cc3ccccc3)cc2C(=O)Nc2ccc3c(c2)CCN3C(C)=O)cc1. The van der Waals surface area contributed by atoms with E-state index in [-0.39, 0.29) is 11.8 Å². The molecule has 7 heteroatoms. The van der Waals surface area contributed by atoms with Crippen molar-refractivity contribution in [3.05, 3.63) is 95.7 Å². The highest BCUT2D eigenvalue weighted by Gasteiger charge is 2.23. The number of hydrogen-bond acceptors (Lipinski definition) is 4. The average Bonchev–Trinajstić information content (AvgIpc) is 3.49. The second-order valence-electron chi connectivity index (χ2n) is 8.52. The van der Waals surface area contributed by atoms with Crippen LogP contribution in [0.4, 0.5) is 11.4 Å². The molecule has 3 aromatic carbocycles. The lowest BCUT2D eigenvalue weighted by atomic mass is 10.1. The summed E-state index contributed by atoms with van der Waals surface area (Å²) in [6.45, 7) is 2.78. The normalized spacial score (nSPS) is 12.3. The zero-order valence-electron chi connectivity index (χ0n) is 19.7. The predicted octanol–water partition coefficient (Wildman–Crippen LogP) is 4.77. The molecule has 2 amide bonds. The summed E-state index contributed by atoms with van der Waals surface area (Å²) in [4.78, 5) is 27.0. The molecule has 35 heavy (non-hydrogen) atoms. The first-order valence-corrected chi connectivity index (χ1v) is 11.5. The first-order valence-electron chi connectivity index (χ1n) is 11.5. The monoisotopic (exact) mass is 466 g/mol. The van der Waals surface area contributed by atoms with Crippen LogP contribution in [0.15, 0.2) is 79.0 Å². The molecule has 0 radical (unpaired) electrons. The van der Waals surface area contributed by atoms with E-state index in [1.807, 2.05) is 72.8 Å². The maximum atomic E-state index is 13.4. The summed E-state index contributed by atoms with van der Waals surface area (Å²) in [7, 11) is 1.62. The number of rotatable bonds is 6. The molecule has 0 spiro atoms. The van der Waals surface area contributed by atoms with Crippen LogP contribution in [0.1, 0.15) is 28.4 Å². The van der Waals surface area contributed by atoms with E-state index < -0.39 is 0 Å². The van der Waals surface area contributed by atoms with Crippen molar-refractivity contribution in [3.8, 4) is 17.0 Å². The van der Waals surface area contributed by atoms with E-state index in [4.69, 9.17) is 9.84 Å². The number of ether oxygens (including phenoxy) is 1. The van der Waals surface area contributed by atoms with E-state index in [9.17, 15) is 9.59 Å². The zero-order chi connectivity index (χ0) is 24.4. The second kappa shape index (κ2) is 9.46. The molecule has 1 aliphatic heterocycles. The van der Waals surface area contributed by atoms with Crippen molar-refractivity contribution >= 4 is 23.2 Å². The van der Waals surface area contributed by atoms with E-state index in [2.05, 4.69) is 5.32 Å². The summed E-state index contributed by atoms with van der Waals surface area (Å²) < 4.78 is 7.06. The summed E-state index contributed by atoms with van der Waals surface area (Å²) in [5.74, 6) is 0.521. The first-order chi connectivity index (χ1) is 17.0. The van der Waals surface area contributed by atoms with E-state index in [0.717, 1.165) is 34.5 Å². The molecule has 0 unspecified atom stereocenters. The maximum Gasteiger partial charge on any atom is 0.259 e. The van der Waals surface area contributed by atoms with Crippen LogP contribution in [-0.4, -0.2) is 35.2 Å². The lowest BCUT2D eigenvalue weighted by Crippen LogP contribution is -2.25. The number of hydrogen-bond donors (Lipinski definition) is 1. The molecule has 1 aliphatic rings. The number of fused-ring (bicyclic) bond motifs is 1. The van der Waals surface area contributed by atoms with Crippen LogP contribution in [0.2, 0.25) is 0 Å². The Morgan fingerprint density at radius 2 is 1.80 bits per heavy atom. The Bertz CT molecular complexity index is 1380. The Morgan fingerprint density at radius 1 is 1.03 bits per heavy atom. The molecule has 0 saturated carbocycles. The molecule has 7 nitrogen and oxygen atoms in total. The van der Waals surface area contributed by atoms with Crippen molar-refractivity contribution in [1.82, 2.24) is 9.78 Å². The number of carbonyl (C=O) groups excluding carboxylic acids is 2. The third-order valence-electron chi connectivity index (χ3n) is 6.17. The number of aromatic nitrogens is 2. The standard InChI is InChI=1S/C28H26N4O3/c1-19(33)32-15-14-22-16-23(10-13-26(22)32)29-28(34)25-18-31(17-20-6-4-3-5-7-20)30-27(25)21-8-11-24(35-2)12-9-21/h3-13,16,18H,14-15,17H2,1-2H3,(H,29,34). The quantitative estimate of drug-likeness (QED) is 0.444. The molecule has 0 fully saturated rings. The van der Waals surface area contributed by atoms with Gasteiger partial charge in [0.05, 0.1) is 19.2 Å². The summed E-state index contributed by atoms with van der Waals surface area (Å²) in [6, 6.07) is 23.2. The van der Waals surface area contributed by atoms with Gasteiger partial charge in [-0.3, -0.25) is 14.3 Å². The van der Waals surface area contributed by atoms with Gasteiger partial charge in [-0.15, -0.1) is 0 Å². The average molecular weight is 467 g/mol. The fourth-order valence-corrected chi connectivity index (χ4v) is 4.41. The van der Waals surface area contributed by atoms with Gasteiger partial charge in [-0.25, -0.2) is 0 Å². The van der Waals surface area contributed by atoms with Gasteiger partial charge in [0.15, 0.2) is 0 Å². The number of methoxy groups -OCH3 is 1. The molecule has 0 saturated heterocycles. The molecule has 2 heterocycles. The molecule has 5 rings (SSSR count). The summed E-state index contributed by atoms with van der Waals surface area (Å²) in [6.07, 6.45) is 2.55. The Morgan fingerprint density at radius 3 is 2.51 bits per heavy atom. The highest BCUT2D eigenvalue weighted by Crippen LogP contribution is 2.31. The Kier molecular flexibility index (Phi) is 6.06. The lowest BCUT2D eigenvalue weighted by molar-refractivity contribution is -0.116. The largest absolute Gasteiger partial charge is 0.497 e. The Balaban J connectivity index is 1.45. The van der Waals surface area contributed by atoms with Crippen molar-refractivity contribution in [2.24, 2.45) is 0 Å². The van der Waals surface area contributed by atoms with Crippen molar-refractivity contribution < 1.29 is 14.3 Å². The van der Waals surface area contributed by atoms with E-state index in [1.54, 1.807) is 29.8 Å². The van der Waals surface area contributed by atoms with Crippen LogP contribution >= 0.6 is 0 Å². The highest BCUT2D eigenvalue weighted by molar-refractivity contribution is 6.08. The number of nitrogens with zero attached hydrogens (tertiary/aromatic N) is 3. The van der Waals surface area contributed by atoms with Gasteiger partial charge in [0, 0.05) is 36.6 Å². The molecule has 176 valence electrons. The smallest absolute Gasteiger partial charge is 0.259 e. The van der Waals surface area contributed by atoms with Gasteiger partial charge in [-0.05, 0) is 60.0 Å². The Hall–Kier alpha value is -4.39. The van der Waals surface area contributed by atoms with Gasteiger partial charge in [-0.1, -0.05) is 30.3 Å². The number of carbonyl (C=O) groups is 2. The number of anilines is 2. The molecule has 0 aliphatic carbocycles. The van der Waals surface area contributed by atoms with Crippen molar-refractivity contribution in [2.45, 2.75) is 19.9 Å². The molecule has 1 N–H and O–H groups in total. The van der Waals surface area contributed by atoms with Gasteiger partial charge >= 0.3 is 0 Å². The molecular weight excluding hydrogens is 440 g/mol. The van der Waals surface area contributed by atoms with Crippen LogP contribution < -0.4 is 15.0 Å². The molecule has 0 bridgehead atoms. The van der Waals surface area contributed by atoms with Crippen LogP contribution in [0.25, 0.3) is 11.3 Å². The molecular formula is C28H26N4O3. The van der Waals surface area contributed by atoms with Crippen molar-refractivity contribution in [1.29, 1.82) is 0 Å². The van der Waals surface area contributed by atoms with Crippen LogP contribution in [0.3, 0.4) is 0 Å². The molecule has 1 aromatic heterocycles. The zero-order valence-corrected chi connectivity index (χ0v) is 19.7. The number of benzene rings is 3. The summed E-state index contributed by atoms with van der Waals surface area (Å²) in [5, 5.41) is 7.77. The third kappa shape index (κ3) is 4.66. The third-order valence-corrected chi connectivity index (χ3v) is 6.17. The van der Waals surface area contributed by atoms with Crippen molar-refractivity contribution in [3.63, 3.8) is 0 Å². The van der Waals surface area contributed by atoms with Crippen LogP contribution in [0.5, 0.6) is 5.75 Å². The highest BCUT2D eigenvalue weighted by atomic mass is 16.5. The van der Waals surface area contributed by atoms with Gasteiger partial charge in [0.25, 0.3) is 5.91 Å². The second-order valence-corrected chi connectivity index (χ2v) is 8.52. The number of nitrogens with one attached hydrogen (secondary N) is 1. The minimum atomic E-state index is -0.239. The van der Waals surface area contributed by atoms with E-state index in [0.29, 0.717) is 30.0 Å². The lowest BCUT2D eigenvalue weighted by Gasteiger charge is -2.15. The summed E-state index contributed by atoms with van der Waals surface area (Å²) >= 11 is 0.